The van der Waals surface area contributed by atoms with E-state index >= 15 is 0 Å². The van der Waals surface area contributed by atoms with Gasteiger partial charge in [-0.1, -0.05) is 24.3 Å². The summed E-state index contributed by atoms with van der Waals surface area (Å²) in [5.41, 5.74) is 2.43. The van der Waals surface area contributed by atoms with Gasteiger partial charge in [-0.3, -0.25) is 14.8 Å². The van der Waals surface area contributed by atoms with E-state index in [0.717, 1.165) is 25.1 Å². The van der Waals surface area contributed by atoms with Crippen molar-refractivity contribution in [2.75, 3.05) is 18.1 Å². The van der Waals surface area contributed by atoms with E-state index in [2.05, 4.69) is 12.6 Å². The van der Waals surface area contributed by atoms with E-state index in [1.54, 1.807) is 11.1 Å². The highest BCUT2D eigenvalue weighted by molar-refractivity contribution is 5.62. The first-order chi connectivity index (χ1) is 7.36. The molecule has 0 aromatic heterocycles. The van der Waals surface area contributed by atoms with Gasteiger partial charge in [0, 0.05) is 6.54 Å². The number of hydrogen-bond donors (Lipinski definition) is 0. The number of nitrogens with zero attached hydrogens (tertiary/aromatic N) is 2. The molecule has 0 atom stereocenters. The zero-order valence-electron chi connectivity index (χ0n) is 8.60. The lowest BCUT2D eigenvalue weighted by Gasteiger charge is -2.29. The molecule has 1 aromatic carbocycles. The second-order valence-corrected chi connectivity index (χ2v) is 3.52. The summed E-state index contributed by atoms with van der Waals surface area (Å²) in [6, 6.07) is 8.17. The third kappa shape index (κ3) is 1.73. The Bertz CT molecular complexity index is 376. The van der Waals surface area contributed by atoms with Crippen LogP contribution in [-0.4, -0.2) is 24.5 Å². The van der Waals surface area contributed by atoms with Gasteiger partial charge in [-0.2, -0.15) is 0 Å². The van der Waals surface area contributed by atoms with Crippen LogP contribution in [0, 0.1) is 0 Å². The fourth-order valence-electron chi connectivity index (χ4n) is 1.92. The average Bonchev–Trinajstić information content (AvgIpc) is 2.70. The molecule has 78 valence electrons. The summed E-state index contributed by atoms with van der Waals surface area (Å²) in [5.74, 6) is 0. The molecule has 1 aromatic rings. The molecule has 1 heterocycles. The molecule has 0 radical (unpaired) electrons. The molecule has 0 unspecified atom stereocenters. The highest BCUT2D eigenvalue weighted by Gasteiger charge is 2.22. The number of hydrazine groups is 1. The van der Waals surface area contributed by atoms with E-state index in [1.165, 1.54) is 5.56 Å². The van der Waals surface area contributed by atoms with Crippen molar-refractivity contribution in [3.63, 3.8) is 0 Å². The van der Waals surface area contributed by atoms with Crippen LogP contribution in [0.25, 0.3) is 0 Å². The zero-order valence-corrected chi connectivity index (χ0v) is 8.60. The Kier molecular flexibility index (Phi) is 2.72. The molecule has 0 fully saturated rings. The summed E-state index contributed by atoms with van der Waals surface area (Å²) in [6.07, 6.45) is 3.58. The maximum atomic E-state index is 10.9. The normalized spacial score (nSPS) is 13.5. The lowest BCUT2D eigenvalue weighted by atomic mass is 10.2. The number of para-hydroxylation sites is 1. The summed E-state index contributed by atoms with van der Waals surface area (Å²) < 4.78 is 0. The van der Waals surface area contributed by atoms with Gasteiger partial charge in [0.2, 0.25) is 6.41 Å². The Labute approximate surface area is 89.6 Å². The maximum absolute atomic E-state index is 10.9. The number of rotatable bonds is 4. The first-order valence-electron chi connectivity index (χ1n) is 5.05. The molecule has 1 aliphatic heterocycles. The molecule has 0 aliphatic carbocycles. The van der Waals surface area contributed by atoms with Crippen molar-refractivity contribution >= 4 is 12.1 Å². The minimum atomic E-state index is 0.553. The average molecular weight is 202 g/mol. The van der Waals surface area contributed by atoms with E-state index in [9.17, 15) is 4.79 Å². The van der Waals surface area contributed by atoms with Crippen LogP contribution in [0.15, 0.2) is 36.9 Å². The molecular weight excluding hydrogens is 188 g/mol. The third-order valence-electron chi connectivity index (χ3n) is 2.61. The number of carbonyl (C=O) groups is 1. The summed E-state index contributed by atoms with van der Waals surface area (Å²) >= 11 is 0. The van der Waals surface area contributed by atoms with Gasteiger partial charge in [0.25, 0.3) is 0 Å². The zero-order chi connectivity index (χ0) is 10.7. The van der Waals surface area contributed by atoms with Crippen LogP contribution in [-0.2, 0) is 11.2 Å². The van der Waals surface area contributed by atoms with Crippen molar-refractivity contribution in [2.24, 2.45) is 0 Å². The summed E-state index contributed by atoms with van der Waals surface area (Å²) in [6.45, 7) is 5.07. The Morgan fingerprint density at radius 3 is 3.00 bits per heavy atom. The Morgan fingerprint density at radius 1 is 1.47 bits per heavy atom. The van der Waals surface area contributed by atoms with Crippen LogP contribution in [0.1, 0.15) is 5.56 Å². The predicted molar refractivity (Wildman–Crippen MR) is 60.5 cm³/mol. The van der Waals surface area contributed by atoms with Crippen molar-refractivity contribution in [3.8, 4) is 0 Å². The Morgan fingerprint density at radius 2 is 2.27 bits per heavy atom. The summed E-state index contributed by atoms with van der Waals surface area (Å²) in [7, 11) is 0. The number of anilines is 1. The molecule has 0 bridgehead atoms. The number of hydrogen-bond acceptors (Lipinski definition) is 2. The van der Waals surface area contributed by atoms with Crippen LogP contribution in [0.4, 0.5) is 5.69 Å². The lowest BCUT2D eigenvalue weighted by Crippen LogP contribution is -2.40. The van der Waals surface area contributed by atoms with Gasteiger partial charge < -0.3 is 0 Å². The molecule has 1 aliphatic rings. The Balaban J connectivity index is 2.25. The van der Waals surface area contributed by atoms with E-state index in [-0.39, 0.29) is 0 Å². The summed E-state index contributed by atoms with van der Waals surface area (Å²) in [4.78, 5) is 10.9. The van der Waals surface area contributed by atoms with Crippen molar-refractivity contribution < 1.29 is 4.79 Å². The first-order valence-corrected chi connectivity index (χ1v) is 5.05. The first kappa shape index (κ1) is 9.77. The molecule has 3 heteroatoms. The van der Waals surface area contributed by atoms with Gasteiger partial charge in [-0.15, -0.1) is 6.58 Å². The molecule has 2 rings (SSSR count). The van der Waals surface area contributed by atoms with Gasteiger partial charge in [-0.25, -0.2) is 0 Å². The second-order valence-electron chi connectivity index (χ2n) is 3.52. The molecular formula is C12H14N2O. The van der Waals surface area contributed by atoms with Crippen molar-refractivity contribution in [1.82, 2.24) is 5.01 Å². The molecule has 0 N–H and O–H groups in total. The third-order valence-corrected chi connectivity index (χ3v) is 2.61. The minimum absolute atomic E-state index is 0.553. The number of benzene rings is 1. The van der Waals surface area contributed by atoms with Crippen LogP contribution in [0.3, 0.4) is 0 Å². The van der Waals surface area contributed by atoms with Gasteiger partial charge in [0.15, 0.2) is 0 Å². The molecule has 3 nitrogen and oxygen atoms in total. The quantitative estimate of drug-likeness (QED) is 0.547. The van der Waals surface area contributed by atoms with E-state index in [0.29, 0.717) is 6.54 Å². The molecule has 1 amide bonds. The summed E-state index contributed by atoms with van der Waals surface area (Å²) in [5, 5.41) is 3.66. The monoisotopic (exact) mass is 202 g/mol. The van der Waals surface area contributed by atoms with Gasteiger partial charge in [-0.05, 0) is 18.1 Å². The van der Waals surface area contributed by atoms with Crippen LogP contribution in [0.5, 0.6) is 0 Å². The van der Waals surface area contributed by atoms with Gasteiger partial charge >= 0.3 is 0 Å². The smallest absolute Gasteiger partial charge is 0.228 e. The standard InChI is InChI=1S/C12H14N2O/c1-2-8-13(10-15)14-9-7-11-5-3-4-6-12(11)14/h2-6,10H,1,7-9H2. The molecule has 15 heavy (non-hydrogen) atoms. The fourth-order valence-corrected chi connectivity index (χ4v) is 1.92. The highest BCUT2D eigenvalue weighted by atomic mass is 16.1. The number of carbonyl (C=O) groups excluding carboxylic acids is 1. The predicted octanol–water partition coefficient (Wildman–Crippen LogP) is 1.61. The van der Waals surface area contributed by atoms with Crippen molar-refractivity contribution in [3.05, 3.63) is 42.5 Å². The molecule has 0 spiro atoms. The van der Waals surface area contributed by atoms with Gasteiger partial charge in [0.05, 0.1) is 12.2 Å². The van der Waals surface area contributed by atoms with E-state index < -0.39 is 0 Å². The molecule has 0 saturated heterocycles. The largest absolute Gasteiger partial charge is 0.282 e. The van der Waals surface area contributed by atoms with E-state index in [1.807, 2.05) is 23.2 Å². The van der Waals surface area contributed by atoms with E-state index in [4.69, 9.17) is 0 Å². The highest BCUT2D eigenvalue weighted by Crippen LogP contribution is 2.28. The maximum Gasteiger partial charge on any atom is 0.228 e. The second kappa shape index (κ2) is 4.17. The minimum Gasteiger partial charge on any atom is -0.282 e. The van der Waals surface area contributed by atoms with Crippen molar-refractivity contribution in [2.45, 2.75) is 6.42 Å². The Hall–Kier alpha value is -1.77. The fraction of sp³-hybridized carbons (Fsp3) is 0.250. The molecule has 0 saturated carbocycles. The van der Waals surface area contributed by atoms with Crippen molar-refractivity contribution in [1.29, 1.82) is 0 Å². The topological polar surface area (TPSA) is 23.6 Å². The van der Waals surface area contributed by atoms with Crippen LogP contribution in [0.2, 0.25) is 0 Å². The lowest BCUT2D eigenvalue weighted by molar-refractivity contribution is -0.118. The van der Waals surface area contributed by atoms with Gasteiger partial charge in [0.1, 0.15) is 0 Å². The SMILES string of the molecule is C=CCN(C=O)N1CCc2ccccc21. The van der Waals surface area contributed by atoms with Crippen LogP contribution < -0.4 is 5.01 Å². The van der Waals surface area contributed by atoms with Crippen LogP contribution >= 0.6 is 0 Å². The number of fused-ring (bicyclic) bond motifs is 1. The number of amides is 1.